The van der Waals surface area contributed by atoms with Gasteiger partial charge < -0.3 is 10.3 Å². The standard InChI is InChI=1S/C16H26N2/c17-15-7-4-8-16-14(15)10-12-18(16)11-9-13-5-2-1-3-6-13/h10,12-13,15H,1-9,11,17H2. The number of nitrogens with zero attached hydrogens (tertiary/aromatic N) is 1. The summed E-state index contributed by atoms with van der Waals surface area (Å²) in [5, 5.41) is 0. The van der Waals surface area contributed by atoms with Crippen molar-refractivity contribution >= 4 is 0 Å². The minimum atomic E-state index is 0.296. The average Bonchev–Trinajstić information content (AvgIpc) is 2.82. The third-order valence-corrected chi connectivity index (χ3v) is 4.95. The molecule has 2 heteroatoms. The number of nitrogens with two attached hydrogens (primary N) is 1. The zero-order valence-electron chi connectivity index (χ0n) is 11.4. The van der Waals surface area contributed by atoms with Crippen molar-refractivity contribution in [1.82, 2.24) is 4.57 Å². The molecule has 0 radical (unpaired) electrons. The smallest absolute Gasteiger partial charge is 0.0312 e. The SMILES string of the molecule is NC1CCCc2c1ccn2CCC1CCCCC1. The third kappa shape index (κ3) is 2.49. The monoisotopic (exact) mass is 246 g/mol. The van der Waals surface area contributed by atoms with Gasteiger partial charge in [0.15, 0.2) is 0 Å². The van der Waals surface area contributed by atoms with Gasteiger partial charge in [-0.15, -0.1) is 0 Å². The van der Waals surface area contributed by atoms with E-state index in [1.54, 1.807) is 0 Å². The van der Waals surface area contributed by atoms with Crippen LogP contribution in [0, 0.1) is 5.92 Å². The van der Waals surface area contributed by atoms with Gasteiger partial charge >= 0.3 is 0 Å². The van der Waals surface area contributed by atoms with E-state index in [0.29, 0.717) is 6.04 Å². The van der Waals surface area contributed by atoms with Crippen LogP contribution in [0.15, 0.2) is 12.3 Å². The van der Waals surface area contributed by atoms with E-state index in [0.717, 1.165) is 5.92 Å². The molecule has 2 aliphatic carbocycles. The lowest BCUT2D eigenvalue weighted by Crippen LogP contribution is -2.19. The molecule has 0 bridgehead atoms. The Balaban J connectivity index is 1.62. The van der Waals surface area contributed by atoms with Crippen LogP contribution in [0.25, 0.3) is 0 Å². The molecule has 1 fully saturated rings. The molecule has 1 heterocycles. The van der Waals surface area contributed by atoms with Gasteiger partial charge in [-0.25, -0.2) is 0 Å². The molecule has 0 spiro atoms. The lowest BCUT2D eigenvalue weighted by Gasteiger charge is -2.24. The van der Waals surface area contributed by atoms with Crippen LogP contribution in [-0.4, -0.2) is 4.57 Å². The van der Waals surface area contributed by atoms with E-state index < -0.39 is 0 Å². The molecule has 2 nitrogen and oxygen atoms in total. The largest absolute Gasteiger partial charge is 0.351 e. The summed E-state index contributed by atoms with van der Waals surface area (Å²) >= 11 is 0. The van der Waals surface area contributed by atoms with E-state index in [9.17, 15) is 0 Å². The molecular weight excluding hydrogens is 220 g/mol. The summed E-state index contributed by atoms with van der Waals surface area (Å²) in [5.74, 6) is 0.981. The van der Waals surface area contributed by atoms with Crippen LogP contribution in [0.5, 0.6) is 0 Å². The maximum absolute atomic E-state index is 6.19. The summed E-state index contributed by atoms with van der Waals surface area (Å²) in [6.07, 6.45) is 14.6. The number of hydrogen-bond donors (Lipinski definition) is 1. The second-order valence-corrected chi connectivity index (χ2v) is 6.20. The first kappa shape index (κ1) is 12.3. The van der Waals surface area contributed by atoms with Gasteiger partial charge in [-0.3, -0.25) is 0 Å². The Hall–Kier alpha value is -0.760. The van der Waals surface area contributed by atoms with E-state index >= 15 is 0 Å². The van der Waals surface area contributed by atoms with E-state index in [4.69, 9.17) is 5.73 Å². The van der Waals surface area contributed by atoms with E-state index in [-0.39, 0.29) is 0 Å². The third-order valence-electron chi connectivity index (χ3n) is 4.95. The Kier molecular flexibility index (Phi) is 3.74. The molecular formula is C16H26N2. The van der Waals surface area contributed by atoms with Gasteiger partial charge in [-0.05, 0) is 43.2 Å². The Labute approximate surface area is 111 Å². The van der Waals surface area contributed by atoms with Crippen molar-refractivity contribution in [3.63, 3.8) is 0 Å². The maximum Gasteiger partial charge on any atom is 0.0312 e. The van der Waals surface area contributed by atoms with Gasteiger partial charge in [0, 0.05) is 24.5 Å². The molecule has 2 aliphatic rings. The highest BCUT2D eigenvalue weighted by Crippen LogP contribution is 2.31. The highest BCUT2D eigenvalue weighted by Gasteiger charge is 2.20. The minimum Gasteiger partial charge on any atom is -0.351 e. The number of aromatic nitrogens is 1. The fourth-order valence-corrected chi connectivity index (χ4v) is 3.80. The van der Waals surface area contributed by atoms with Crippen LogP contribution in [-0.2, 0) is 13.0 Å². The first-order chi connectivity index (χ1) is 8.84. The summed E-state index contributed by atoms with van der Waals surface area (Å²) in [7, 11) is 0. The first-order valence-corrected chi connectivity index (χ1v) is 7.78. The van der Waals surface area contributed by atoms with Gasteiger partial charge in [0.1, 0.15) is 0 Å². The van der Waals surface area contributed by atoms with Crippen LogP contribution in [0.1, 0.15) is 68.7 Å². The van der Waals surface area contributed by atoms with Crippen molar-refractivity contribution in [2.75, 3.05) is 0 Å². The minimum absolute atomic E-state index is 0.296. The van der Waals surface area contributed by atoms with E-state index in [2.05, 4.69) is 16.8 Å². The zero-order valence-corrected chi connectivity index (χ0v) is 11.4. The molecule has 1 atom stereocenters. The normalized spacial score (nSPS) is 25.1. The molecule has 3 rings (SSSR count). The number of hydrogen-bond acceptors (Lipinski definition) is 1. The quantitative estimate of drug-likeness (QED) is 0.864. The van der Waals surface area contributed by atoms with Gasteiger partial charge in [0.05, 0.1) is 0 Å². The van der Waals surface area contributed by atoms with Gasteiger partial charge in [0.2, 0.25) is 0 Å². The summed E-state index contributed by atoms with van der Waals surface area (Å²) in [4.78, 5) is 0. The maximum atomic E-state index is 6.19. The van der Waals surface area contributed by atoms with Crippen molar-refractivity contribution in [1.29, 1.82) is 0 Å². The summed E-state index contributed by atoms with van der Waals surface area (Å²) in [6.45, 7) is 1.22. The molecule has 18 heavy (non-hydrogen) atoms. The predicted molar refractivity (Wildman–Crippen MR) is 75.5 cm³/mol. The Bertz CT molecular complexity index is 388. The second kappa shape index (κ2) is 5.48. The van der Waals surface area contributed by atoms with Crippen LogP contribution >= 0.6 is 0 Å². The number of fused-ring (bicyclic) bond motifs is 1. The summed E-state index contributed by atoms with van der Waals surface area (Å²) in [6, 6.07) is 2.56. The topological polar surface area (TPSA) is 30.9 Å². The number of rotatable bonds is 3. The van der Waals surface area contributed by atoms with Crippen LogP contribution in [0.2, 0.25) is 0 Å². The van der Waals surface area contributed by atoms with Crippen molar-refractivity contribution in [3.05, 3.63) is 23.5 Å². The molecule has 0 aliphatic heterocycles. The Morgan fingerprint density at radius 1 is 1.11 bits per heavy atom. The fraction of sp³-hybridized carbons (Fsp3) is 0.750. The Morgan fingerprint density at radius 3 is 2.78 bits per heavy atom. The number of aryl methyl sites for hydroxylation is 1. The highest BCUT2D eigenvalue weighted by molar-refractivity contribution is 5.28. The highest BCUT2D eigenvalue weighted by atomic mass is 15.0. The first-order valence-electron chi connectivity index (χ1n) is 7.78. The Morgan fingerprint density at radius 2 is 1.94 bits per heavy atom. The zero-order chi connectivity index (χ0) is 12.4. The molecule has 1 saturated carbocycles. The van der Waals surface area contributed by atoms with Crippen LogP contribution in [0.3, 0.4) is 0 Å². The van der Waals surface area contributed by atoms with Crippen molar-refractivity contribution in [2.45, 2.75) is 70.4 Å². The molecule has 0 amide bonds. The molecule has 0 saturated heterocycles. The predicted octanol–water partition coefficient (Wildman–Crippen LogP) is 3.79. The van der Waals surface area contributed by atoms with E-state index in [1.807, 2.05) is 0 Å². The fourth-order valence-electron chi connectivity index (χ4n) is 3.80. The van der Waals surface area contributed by atoms with E-state index in [1.165, 1.54) is 75.6 Å². The van der Waals surface area contributed by atoms with Gasteiger partial charge in [0.25, 0.3) is 0 Å². The van der Waals surface area contributed by atoms with Gasteiger partial charge in [-0.1, -0.05) is 32.1 Å². The lowest BCUT2D eigenvalue weighted by molar-refractivity contribution is 0.322. The van der Waals surface area contributed by atoms with Gasteiger partial charge in [-0.2, -0.15) is 0 Å². The molecule has 0 aromatic carbocycles. The van der Waals surface area contributed by atoms with Crippen molar-refractivity contribution < 1.29 is 0 Å². The molecule has 1 aromatic rings. The molecule has 1 unspecified atom stereocenters. The lowest BCUT2D eigenvalue weighted by atomic mass is 9.87. The second-order valence-electron chi connectivity index (χ2n) is 6.20. The summed E-state index contributed by atoms with van der Waals surface area (Å²) in [5.41, 5.74) is 9.14. The molecule has 1 aromatic heterocycles. The molecule has 2 N–H and O–H groups in total. The van der Waals surface area contributed by atoms with Crippen LogP contribution in [0.4, 0.5) is 0 Å². The van der Waals surface area contributed by atoms with Crippen molar-refractivity contribution in [2.24, 2.45) is 11.7 Å². The summed E-state index contributed by atoms with van der Waals surface area (Å²) < 4.78 is 2.49. The van der Waals surface area contributed by atoms with Crippen LogP contribution < -0.4 is 5.73 Å². The van der Waals surface area contributed by atoms with Crippen molar-refractivity contribution in [3.8, 4) is 0 Å². The molecule has 100 valence electrons. The average molecular weight is 246 g/mol.